The average molecular weight is 400 g/mol. The minimum atomic E-state index is -0.336. The molecular formula is C24H24N4O2. The normalized spacial score (nSPS) is 13.4. The number of ether oxygens (including phenoxy) is 1. The van der Waals surface area contributed by atoms with Gasteiger partial charge in [0.1, 0.15) is 11.4 Å². The molecule has 2 aromatic carbocycles. The van der Waals surface area contributed by atoms with E-state index < -0.39 is 0 Å². The largest absolute Gasteiger partial charge is 0.497 e. The van der Waals surface area contributed by atoms with Gasteiger partial charge in [0, 0.05) is 24.0 Å². The molecule has 0 radical (unpaired) electrons. The molecule has 3 aromatic rings. The maximum atomic E-state index is 12.9. The van der Waals surface area contributed by atoms with Crippen LogP contribution in [0.5, 0.6) is 5.75 Å². The first-order valence-electron chi connectivity index (χ1n) is 9.84. The number of pyridine rings is 1. The summed E-state index contributed by atoms with van der Waals surface area (Å²) in [7, 11) is 1.61. The molecule has 152 valence electrons. The molecule has 6 nitrogen and oxygen atoms in total. The summed E-state index contributed by atoms with van der Waals surface area (Å²) in [5, 5.41) is 2.98. The lowest BCUT2D eigenvalue weighted by Crippen LogP contribution is -2.33. The zero-order valence-electron chi connectivity index (χ0n) is 17.1. The van der Waals surface area contributed by atoms with Crippen LogP contribution in [0.2, 0.25) is 0 Å². The van der Waals surface area contributed by atoms with Crippen molar-refractivity contribution in [3.63, 3.8) is 0 Å². The Hall–Kier alpha value is -3.51. The van der Waals surface area contributed by atoms with E-state index in [-0.39, 0.29) is 18.5 Å². The molecule has 6 heteroatoms. The average Bonchev–Trinajstić information content (AvgIpc) is 3.17. The summed E-state index contributed by atoms with van der Waals surface area (Å²) >= 11 is 0. The molecule has 1 aromatic heterocycles. The van der Waals surface area contributed by atoms with Crippen LogP contribution >= 0.6 is 0 Å². The summed E-state index contributed by atoms with van der Waals surface area (Å²) in [4.78, 5) is 21.6. The van der Waals surface area contributed by atoms with Crippen LogP contribution in [0, 0.1) is 0 Å². The number of hydrogen-bond acceptors (Lipinski definition) is 5. The summed E-state index contributed by atoms with van der Waals surface area (Å²) < 4.78 is 5.27. The Morgan fingerprint density at radius 2 is 2.00 bits per heavy atom. The third kappa shape index (κ3) is 3.95. The highest BCUT2D eigenvalue weighted by Crippen LogP contribution is 2.27. The SMILES string of the molecule is COc1cccc(C(CN)NC(=O)c2cc(-c3ccc4c(c3)C(C)=NC4)ccn2)c1. The van der Waals surface area contributed by atoms with E-state index in [0.717, 1.165) is 40.3 Å². The van der Waals surface area contributed by atoms with Gasteiger partial charge >= 0.3 is 0 Å². The van der Waals surface area contributed by atoms with Gasteiger partial charge in [-0.15, -0.1) is 0 Å². The molecule has 0 spiro atoms. The fourth-order valence-corrected chi connectivity index (χ4v) is 3.62. The zero-order valence-corrected chi connectivity index (χ0v) is 17.1. The van der Waals surface area contributed by atoms with Gasteiger partial charge in [-0.05, 0) is 59.5 Å². The van der Waals surface area contributed by atoms with E-state index >= 15 is 0 Å². The first-order chi connectivity index (χ1) is 14.6. The molecule has 1 unspecified atom stereocenters. The van der Waals surface area contributed by atoms with E-state index in [1.807, 2.05) is 37.3 Å². The number of carbonyl (C=O) groups excluding carboxylic acids is 1. The lowest BCUT2D eigenvalue weighted by molar-refractivity contribution is 0.0932. The first kappa shape index (κ1) is 19.8. The number of nitrogens with two attached hydrogens (primary N) is 1. The van der Waals surface area contributed by atoms with E-state index in [4.69, 9.17) is 10.5 Å². The number of nitrogens with one attached hydrogen (secondary N) is 1. The zero-order chi connectivity index (χ0) is 21.1. The molecule has 4 rings (SSSR count). The summed E-state index contributed by atoms with van der Waals surface area (Å²) in [5.41, 5.74) is 12.6. The van der Waals surface area contributed by atoms with E-state index in [2.05, 4.69) is 33.5 Å². The fourth-order valence-electron chi connectivity index (χ4n) is 3.62. The number of benzene rings is 2. The van der Waals surface area contributed by atoms with Gasteiger partial charge in [0.05, 0.1) is 19.7 Å². The Morgan fingerprint density at radius 1 is 1.17 bits per heavy atom. The summed E-state index contributed by atoms with van der Waals surface area (Å²) in [6.45, 7) is 3.02. The molecule has 2 heterocycles. The molecule has 30 heavy (non-hydrogen) atoms. The Labute approximate surface area is 175 Å². The third-order valence-electron chi connectivity index (χ3n) is 5.35. The maximum Gasteiger partial charge on any atom is 0.270 e. The number of carbonyl (C=O) groups is 1. The van der Waals surface area contributed by atoms with E-state index in [1.165, 1.54) is 5.56 Å². The smallest absolute Gasteiger partial charge is 0.270 e. The van der Waals surface area contributed by atoms with Crippen molar-refractivity contribution in [2.24, 2.45) is 10.7 Å². The predicted molar refractivity (Wildman–Crippen MR) is 118 cm³/mol. The molecule has 1 aliphatic heterocycles. The van der Waals surface area contributed by atoms with Gasteiger partial charge in [-0.25, -0.2) is 0 Å². The maximum absolute atomic E-state index is 12.9. The molecule has 0 saturated carbocycles. The molecule has 0 aliphatic carbocycles. The number of methoxy groups -OCH3 is 1. The summed E-state index contributed by atoms with van der Waals surface area (Å²) in [5.74, 6) is 0.449. The summed E-state index contributed by atoms with van der Waals surface area (Å²) in [6.07, 6.45) is 1.65. The van der Waals surface area contributed by atoms with Gasteiger partial charge in [0.2, 0.25) is 0 Å². The van der Waals surface area contributed by atoms with Gasteiger partial charge in [0.15, 0.2) is 0 Å². The fraction of sp³-hybridized carbons (Fsp3) is 0.208. The van der Waals surface area contributed by atoms with Crippen LogP contribution in [0.3, 0.4) is 0 Å². The number of aromatic nitrogens is 1. The predicted octanol–water partition coefficient (Wildman–Crippen LogP) is 3.51. The molecule has 0 fully saturated rings. The highest BCUT2D eigenvalue weighted by molar-refractivity contribution is 6.03. The van der Waals surface area contributed by atoms with Crippen LogP contribution < -0.4 is 15.8 Å². The van der Waals surface area contributed by atoms with Gasteiger partial charge < -0.3 is 15.8 Å². The van der Waals surface area contributed by atoms with E-state index in [1.54, 1.807) is 19.4 Å². The summed E-state index contributed by atoms with van der Waals surface area (Å²) in [6, 6.07) is 17.2. The van der Waals surface area contributed by atoms with Gasteiger partial charge in [-0.2, -0.15) is 0 Å². The third-order valence-corrected chi connectivity index (χ3v) is 5.35. The lowest BCUT2D eigenvalue weighted by Gasteiger charge is -2.18. The highest BCUT2D eigenvalue weighted by Gasteiger charge is 2.17. The second-order valence-electron chi connectivity index (χ2n) is 7.24. The second-order valence-corrected chi connectivity index (χ2v) is 7.24. The van der Waals surface area contributed by atoms with Crippen molar-refractivity contribution >= 4 is 11.6 Å². The van der Waals surface area contributed by atoms with Crippen LogP contribution in [-0.4, -0.2) is 30.3 Å². The minimum Gasteiger partial charge on any atom is -0.497 e. The number of amides is 1. The van der Waals surface area contributed by atoms with Crippen molar-refractivity contribution in [1.29, 1.82) is 0 Å². The van der Waals surface area contributed by atoms with Crippen LogP contribution in [0.25, 0.3) is 11.1 Å². The van der Waals surface area contributed by atoms with Gasteiger partial charge in [-0.1, -0.05) is 24.3 Å². The number of hydrogen-bond donors (Lipinski definition) is 2. The van der Waals surface area contributed by atoms with Crippen molar-refractivity contribution < 1.29 is 9.53 Å². The lowest BCUT2D eigenvalue weighted by atomic mass is 9.98. The molecule has 3 N–H and O–H groups in total. The van der Waals surface area contributed by atoms with Crippen molar-refractivity contribution in [2.45, 2.75) is 19.5 Å². The van der Waals surface area contributed by atoms with Gasteiger partial charge in [-0.3, -0.25) is 14.8 Å². The van der Waals surface area contributed by atoms with Gasteiger partial charge in [0.25, 0.3) is 5.91 Å². The Kier molecular flexibility index (Phi) is 5.59. The van der Waals surface area contributed by atoms with Crippen molar-refractivity contribution in [3.05, 3.63) is 83.2 Å². The van der Waals surface area contributed by atoms with Crippen LogP contribution in [0.1, 0.15) is 40.1 Å². The Bertz CT molecular complexity index is 1120. The van der Waals surface area contributed by atoms with Crippen LogP contribution in [-0.2, 0) is 6.54 Å². The molecule has 1 atom stereocenters. The van der Waals surface area contributed by atoms with E-state index in [0.29, 0.717) is 5.69 Å². The van der Waals surface area contributed by atoms with E-state index in [9.17, 15) is 4.79 Å². The molecule has 1 amide bonds. The topological polar surface area (TPSA) is 89.6 Å². The Morgan fingerprint density at radius 3 is 2.80 bits per heavy atom. The Balaban J connectivity index is 1.57. The quantitative estimate of drug-likeness (QED) is 0.663. The minimum absolute atomic E-state index is 0.266. The number of nitrogens with zero attached hydrogens (tertiary/aromatic N) is 2. The molecule has 0 saturated heterocycles. The first-order valence-corrected chi connectivity index (χ1v) is 9.84. The highest BCUT2D eigenvalue weighted by atomic mass is 16.5. The standard InChI is InChI=1S/C24H24N4O2/c1-15-21-11-16(6-7-19(21)14-27-15)17-8-9-26-22(12-17)24(29)28-23(13-25)18-4-3-5-20(10-18)30-2/h3-12,23H,13-14,25H2,1-2H3,(H,28,29). The number of rotatable bonds is 6. The van der Waals surface area contributed by atoms with Crippen LogP contribution in [0.4, 0.5) is 0 Å². The van der Waals surface area contributed by atoms with Crippen molar-refractivity contribution in [1.82, 2.24) is 10.3 Å². The second kappa shape index (κ2) is 8.47. The van der Waals surface area contributed by atoms with Crippen molar-refractivity contribution in [2.75, 3.05) is 13.7 Å². The molecule has 1 aliphatic rings. The van der Waals surface area contributed by atoms with Crippen molar-refractivity contribution in [3.8, 4) is 16.9 Å². The molecule has 0 bridgehead atoms. The number of fused-ring (bicyclic) bond motifs is 1. The molecular weight excluding hydrogens is 376 g/mol. The monoisotopic (exact) mass is 400 g/mol. The number of aliphatic imine (C=N–C) groups is 1. The van der Waals surface area contributed by atoms with Crippen LogP contribution in [0.15, 0.2) is 65.8 Å².